The fourth-order valence-corrected chi connectivity index (χ4v) is 2.59. The van der Waals surface area contributed by atoms with Gasteiger partial charge in [0.05, 0.1) is 4.90 Å². The van der Waals surface area contributed by atoms with Crippen LogP contribution >= 0.6 is 0 Å². The van der Waals surface area contributed by atoms with E-state index in [-0.39, 0.29) is 17.3 Å². The number of aromatic nitrogens is 1. The highest BCUT2D eigenvalue weighted by Crippen LogP contribution is 2.15. The lowest BCUT2D eigenvalue weighted by Crippen LogP contribution is -2.13. The zero-order valence-corrected chi connectivity index (χ0v) is 12.2. The van der Waals surface area contributed by atoms with Crippen LogP contribution in [0.15, 0.2) is 47.5 Å². The fourth-order valence-electron chi connectivity index (χ4n) is 1.58. The minimum absolute atomic E-state index is 0.124. The van der Waals surface area contributed by atoms with Crippen molar-refractivity contribution in [1.82, 2.24) is 4.98 Å². The van der Waals surface area contributed by atoms with Crippen molar-refractivity contribution in [3.05, 3.63) is 53.7 Å². The predicted molar refractivity (Wildman–Crippen MR) is 80.2 cm³/mol. The third-order valence-electron chi connectivity index (χ3n) is 2.63. The van der Waals surface area contributed by atoms with Gasteiger partial charge in [0.15, 0.2) is 0 Å². The Morgan fingerprint density at radius 1 is 1.19 bits per heavy atom. The van der Waals surface area contributed by atoms with E-state index in [9.17, 15) is 8.42 Å². The highest BCUT2D eigenvalue weighted by Gasteiger charge is 2.14. The monoisotopic (exact) mass is 302 g/mol. The van der Waals surface area contributed by atoms with E-state index >= 15 is 0 Å². The SMILES string of the molecule is Cc1ccc(NS(=O)(=O)c2ccc(C#CCO)cc2)nc1. The summed E-state index contributed by atoms with van der Waals surface area (Å²) in [6.07, 6.45) is 1.59. The quantitative estimate of drug-likeness (QED) is 0.843. The van der Waals surface area contributed by atoms with Gasteiger partial charge in [-0.2, -0.15) is 0 Å². The topological polar surface area (TPSA) is 79.3 Å². The number of aryl methyl sites for hydroxylation is 1. The molecule has 6 heteroatoms. The highest BCUT2D eigenvalue weighted by molar-refractivity contribution is 7.92. The minimum atomic E-state index is -3.67. The van der Waals surface area contributed by atoms with Gasteiger partial charge in [0.25, 0.3) is 10.0 Å². The van der Waals surface area contributed by atoms with Gasteiger partial charge in [-0.3, -0.25) is 4.72 Å². The molecule has 0 aliphatic carbocycles. The van der Waals surface area contributed by atoms with Gasteiger partial charge in [0.2, 0.25) is 0 Å². The number of sulfonamides is 1. The number of aliphatic hydroxyl groups excluding tert-OH is 1. The summed E-state index contributed by atoms with van der Waals surface area (Å²) in [4.78, 5) is 4.13. The number of rotatable bonds is 3. The lowest BCUT2D eigenvalue weighted by atomic mass is 10.2. The van der Waals surface area contributed by atoms with Crippen LogP contribution in [0.5, 0.6) is 0 Å². The molecule has 5 nitrogen and oxygen atoms in total. The molecule has 1 aromatic carbocycles. The van der Waals surface area contributed by atoms with E-state index in [1.165, 1.54) is 12.1 Å². The molecule has 1 aromatic heterocycles. The van der Waals surface area contributed by atoms with Gasteiger partial charge < -0.3 is 5.11 Å². The van der Waals surface area contributed by atoms with Crippen LogP contribution in [0, 0.1) is 18.8 Å². The number of hydrogen-bond acceptors (Lipinski definition) is 4. The van der Waals surface area contributed by atoms with Gasteiger partial charge in [0, 0.05) is 11.8 Å². The molecule has 0 fully saturated rings. The zero-order valence-electron chi connectivity index (χ0n) is 11.4. The average Bonchev–Trinajstić information content (AvgIpc) is 2.48. The number of aliphatic hydroxyl groups is 1. The average molecular weight is 302 g/mol. The largest absolute Gasteiger partial charge is 0.384 e. The smallest absolute Gasteiger partial charge is 0.263 e. The molecule has 0 amide bonds. The lowest BCUT2D eigenvalue weighted by molar-refractivity contribution is 0.350. The van der Waals surface area contributed by atoms with Crippen LogP contribution in [-0.4, -0.2) is 25.1 Å². The summed E-state index contributed by atoms with van der Waals surface area (Å²) >= 11 is 0. The van der Waals surface area contributed by atoms with Crippen LogP contribution in [0.1, 0.15) is 11.1 Å². The van der Waals surface area contributed by atoms with Gasteiger partial charge >= 0.3 is 0 Å². The standard InChI is InChI=1S/C15H14N2O3S/c1-12-4-9-15(16-11-12)17-21(19,20)14-7-5-13(6-8-14)3-2-10-18/h4-9,11,18H,10H2,1H3,(H,16,17). The molecule has 1 heterocycles. The van der Waals surface area contributed by atoms with Gasteiger partial charge in [-0.1, -0.05) is 17.9 Å². The first-order valence-corrected chi connectivity index (χ1v) is 7.65. The maximum Gasteiger partial charge on any atom is 0.263 e. The van der Waals surface area contributed by atoms with Crippen molar-refractivity contribution in [2.75, 3.05) is 11.3 Å². The van der Waals surface area contributed by atoms with Crippen molar-refractivity contribution in [3.8, 4) is 11.8 Å². The van der Waals surface area contributed by atoms with E-state index in [1.807, 2.05) is 6.92 Å². The molecule has 2 N–H and O–H groups in total. The van der Waals surface area contributed by atoms with E-state index in [0.29, 0.717) is 5.56 Å². The Labute approximate surface area is 123 Å². The van der Waals surface area contributed by atoms with Crippen LogP contribution in [0.3, 0.4) is 0 Å². The van der Waals surface area contributed by atoms with E-state index in [1.54, 1.807) is 30.5 Å². The molecule has 0 bridgehead atoms. The summed E-state index contributed by atoms with van der Waals surface area (Å²) in [6, 6.07) is 9.46. The van der Waals surface area contributed by atoms with E-state index in [2.05, 4.69) is 21.5 Å². The molecule has 0 atom stereocenters. The Kier molecular flexibility index (Phi) is 4.58. The van der Waals surface area contributed by atoms with Crippen molar-refractivity contribution in [3.63, 3.8) is 0 Å². The number of hydrogen-bond donors (Lipinski definition) is 2. The van der Waals surface area contributed by atoms with Crippen LogP contribution in [0.25, 0.3) is 0 Å². The van der Waals surface area contributed by atoms with Crippen LogP contribution in [0.2, 0.25) is 0 Å². The van der Waals surface area contributed by atoms with E-state index < -0.39 is 10.0 Å². The van der Waals surface area contributed by atoms with Gasteiger partial charge in [-0.05, 0) is 42.8 Å². The molecule has 2 rings (SSSR count). The molecule has 0 saturated heterocycles. The van der Waals surface area contributed by atoms with Crippen molar-refractivity contribution in [2.45, 2.75) is 11.8 Å². The third kappa shape index (κ3) is 4.05. The first kappa shape index (κ1) is 15.0. The zero-order chi connectivity index (χ0) is 15.3. The van der Waals surface area contributed by atoms with E-state index in [4.69, 9.17) is 5.11 Å². The Balaban J connectivity index is 2.21. The molecule has 0 spiro atoms. The third-order valence-corrected chi connectivity index (χ3v) is 4.00. The first-order chi connectivity index (χ1) is 10.0. The second kappa shape index (κ2) is 6.39. The Hall–Kier alpha value is -2.36. The van der Waals surface area contributed by atoms with Gasteiger partial charge in [-0.25, -0.2) is 13.4 Å². The van der Waals surface area contributed by atoms with Crippen molar-refractivity contribution in [2.24, 2.45) is 0 Å². The number of pyridine rings is 1. The number of nitrogens with one attached hydrogen (secondary N) is 1. The minimum Gasteiger partial charge on any atom is -0.384 e. The number of anilines is 1. The first-order valence-electron chi connectivity index (χ1n) is 6.16. The molecule has 0 aliphatic rings. The van der Waals surface area contributed by atoms with Gasteiger partial charge in [0.1, 0.15) is 12.4 Å². The second-order valence-corrected chi connectivity index (χ2v) is 5.99. The van der Waals surface area contributed by atoms with Crippen LogP contribution < -0.4 is 4.72 Å². The lowest BCUT2D eigenvalue weighted by Gasteiger charge is -2.07. The molecular weight excluding hydrogens is 288 g/mol. The molecule has 21 heavy (non-hydrogen) atoms. The number of benzene rings is 1. The van der Waals surface area contributed by atoms with Crippen LogP contribution in [-0.2, 0) is 10.0 Å². The van der Waals surface area contributed by atoms with Crippen LogP contribution in [0.4, 0.5) is 5.82 Å². The predicted octanol–water partition coefficient (Wildman–Crippen LogP) is 1.53. The molecule has 2 aromatic rings. The normalized spacial score (nSPS) is 10.6. The Morgan fingerprint density at radius 3 is 2.48 bits per heavy atom. The molecule has 0 saturated carbocycles. The second-order valence-electron chi connectivity index (χ2n) is 4.31. The van der Waals surface area contributed by atoms with Crippen molar-refractivity contribution < 1.29 is 13.5 Å². The summed E-state index contributed by atoms with van der Waals surface area (Å²) in [7, 11) is -3.67. The maximum atomic E-state index is 12.2. The Bertz CT molecular complexity index is 770. The van der Waals surface area contributed by atoms with E-state index in [0.717, 1.165) is 5.56 Å². The van der Waals surface area contributed by atoms with Crippen molar-refractivity contribution >= 4 is 15.8 Å². The summed E-state index contributed by atoms with van der Waals surface area (Å²) in [6.45, 7) is 1.64. The maximum absolute atomic E-state index is 12.2. The molecule has 0 radical (unpaired) electrons. The molecule has 0 unspecified atom stereocenters. The Morgan fingerprint density at radius 2 is 1.90 bits per heavy atom. The molecule has 108 valence electrons. The number of nitrogens with zero attached hydrogens (tertiary/aromatic N) is 1. The summed E-state index contributed by atoms with van der Waals surface area (Å²) in [5.74, 6) is 5.47. The molecule has 0 aliphatic heterocycles. The summed E-state index contributed by atoms with van der Waals surface area (Å²) < 4.78 is 26.8. The summed E-state index contributed by atoms with van der Waals surface area (Å²) in [5, 5.41) is 8.61. The highest BCUT2D eigenvalue weighted by atomic mass is 32.2. The molecular formula is C15H14N2O3S. The van der Waals surface area contributed by atoms with Gasteiger partial charge in [-0.15, -0.1) is 0 Å². The van der Waals surface area contributed by atoms with Crippen molar-refractivity contribution in [1.29, 1.82) is 0 Å². The summed E-state index contributed by atoms with van der Waals surface area (Å²) in [5.41, 5.74) is 1.58. The fraction of sp³-hybridized carbons (Fsp3) is 0.133.